The van der Waals surface area contributed by atoms with E-state index in [9.17, 15) is 8.42 Å². The van der Waals surface area contributed by atoms with Crippen molar-refractivity contribution < 1.29 is 8.42 Å². The SMILES string of the molecule is Cc1cc(C)c(NS(=O)(=O)c2ccc(CC(C)C)cc2)c(C)c1. The van der Waals surface area contributed by atoms with E-state index in [1.165, 1.54) is 0 Å². The van der Waals surface area contributed by atoms with E-state index in [-0.39, 0.29) is 0 Å². The molecule has 0 heterocycles. The van der Waals surface area contributed by atoms with Crippen LogP contribution in [0.4, 0.5) is 5.69 Å². The van der Waals surface area contributed by atoms with Crippen molar-refractivity contribution in [3.05, 3.63) is 58.7 Å². The monoisotopic (exact) mass is 331 g/mol. The minimum Gasteiger partial charge on any atom is -0.279 e. The van der Waals surface area contributed by atoms with Gasteiger partial charge in [-0.25, -0.2) is 8.42 Å². The van der Waals surface area contributed by atoms with Crippen molar-refractivity contribution in [1.29, 1.82) is 0 Å². The third-order valence-electron chi connectivity index (χ3n) is 3.79. The number of nitrogens with one attached hydrogen (secondary N) is 1. The average molecular weight is 331 g/mol. The van der Waals surface area contributed by atoms with Gasteiger partial charge in [0.1, 0.15) is 0 Å². The van der Waals surface area contributed by atoms with Gasteiger partial charge in [0.15, 0.2) is 0 Å². The van der Waals surface area contributed by atoms with Crippen molar-refractivity contribution in [2.75, 3.05) is 4.72 Å². The second kappa shape index (κ2) is 6.75. The van der Waals surface area contributed by atoms with Gasteiger partial charge in [-0.2, -0.15) is 0 Å². The van der Waals surface area contributed by atoms with Crippen molar-refractivity contribution in [2.24, 2.45) is 5.92 Å². The zero-order valence-corrected chi connectivity index (χ0v) is 15.3. The molecule has 0 radical (unpaired) electrons. The average Bonchev–Trinajstić information content (AvgIpc) is 2.43. The Balaban J connectivity index is 2.29. The first-order valence-corrected chi connectivity index (χ1v) is 9.37. The molecule has 0 aliphatic rings. The highest BCUT2D eigenvalue weighted by molar-refractivity contribution is 7.92. The third-order valence-corrected chi connectivity index (χ3v) is 5.16. The summed E-state index contributed by atoms with van der Waals surface area (Å²) >= 11 is 0. The van der Waals surface area contributed by atoms with Crippen molar-refractivity contribution in [3.8, 4) is 0 Å². The van der Waals surface area contributed by atoms with E-state index < -0.39 is 10.0 Å². The molecule has 0 saturated carbocycles. The fraction of sp³-hybridized carbons (Fsp3) is 0.368. The molecule has 4 heteroatoms. The van der Waals surface area contributed by atoms with Gasteiger partial charge in [0.05, 0.1) is 10.6 Å². The summed E-state index contributed by atoms with van der Waals surface area (Å²) in [7, 11) is -3.57. The lowest BCUT2D eigenvalue weighted by Gasteiger charge is -2.14. The van der Waals surface area contributed by atoms with Crippen LogP contribution in [0.5, 0.6) is 0 Å². The molecule has 0 saturated heterocycles. The number of rotatable bonds is 5. The maximum Gasteiger partial charge on any atom is 0.261 e. The molecule has 2 aromatic rings. The van der Waals surface area contributed by atoms with Crippen molar-refractivity contribution in [2.45, 2.75) is 45.9 Å². The minimum atomic E-state index is -3.57. The predicted octanol–water partition coefficient (Wildman–Crippen LogP) is 4.61. The summed E-state index contributed by atoms with van der Waals surface area (Å²) in [6.45, 7) is 10.1. The molecule has 124 valence electrons. The fourth-order valence-electron chi connectivity index (χ4n) is 2.81. The molecule has 3 nitrogen and oxygen atoms in total. The van der Waals surface area contributed by atoms with Crippen LogP contribution in [0, 0.1) is 26.7 Å². The molecule has 0 fully saturated rings. The molecule has 2 aromatic carbocycles. The van der Waals surface area contributed by atoms with Gasteiger partial charge in [0.25, 0.3) is 10.0 Å². The number of hydrogen-bond acceptors (Lipinski definition) is 2. The van der Waals surface area contributed by atoms with Crippen LogP contribution < -0.4 is 4.72 Å². The Kier molecular flexibility index (Phi) is 5.15. The maximum absolute atomic E-state index is 12.6. The standard InChI is InChI=1S/C19H25NO2S/c1-13(2)10-17-6-8-18(9-7-17)23(21,22)20-19-15(4)11-14(3)12-16(19)5/h6-9,11-13,20H,10H2,1-5H3. The van der Waals surface area contributed by atoms with Gasteiger partial charge >= 0.3 is 0 Å². The Labute approximate surface area is 139 Å². The molecule has 0 spiro atoms. The zero-order valence-electron chi connectivity index (χ0n) is 14.5. The second-order valence-corrected chi connectivity index (χ2v) is 8.30. The molecule has 2 rings (SSSR count). The predicted molar refractivity (Wildman–Crippen MR) is 96.4 cm³/mol. The highest BCUT2D eigenvalue weighted by Gasteiger charge is 2.16. The second-order valence-electron chi connectivity index (χ2n) is 6.62. The number of anilines is 1. The minimum absolute atomic E-state index is 0.296. The van der Waals surface area contributed by atoms with E-state index in [0.717, 1.165) is 28.7 Å². The molecule has 0 aliphatic heterocycles. The van der Waals surface area contributed by atoms with Crippen molar-refractivity contribution >= 4 is 15.7 Å². The Morgan fingerprint density at radius 3 is 1.96 bits per heavy atom. The molecule has 0 aromatic heterocycles. The maximum atomic E-state index is 12.6. The summed E-state index contributed by atoms with van der Waals surface area (Å²) < 4.78 is 28.0. The Bertz CT molecular complexity index is 768. The summed E-state index contributed by atoms with van der Waals surface area (Å²) in [6.07, 6.45) is 0.948. The van der Waals surface area contributed by atoms with E-state index in [2.05, 4.69) is 18.6 Å². The van der Waals surface area contributed by atoms with Crippen LogP contribution in [0.3, 0.4) is 0 Å². The van der Waals surface area contributed by atoms with Crippen LogP contribution in [0.25, 0.3) is 0 Å². The largest absolute Gasteiger partial charge is 0.279 e. The number of hydrogen-bond donors (Lipinski definition) is 1. The molecule has 1 N–H and O–H groups in total. The smallest absolute Gasteiger partial charge is 0.261 e. The topological polar surface area (TPSA) is 46.2 Å². The van der Waals surface area contributed by atoms with Crippen LogP contribution in [-0.4, -0.2) is 8.42 Å². The summed E-state index contributed by atoms with van der Waals surface area (Å²) in [5.74, 6) is 0.549. The molecule has 0 bridgehead atoms. The summed E-state index contributed by atoms with van der Waals surface area (Å²) in [5.41, 5.74) is 4.81. The van der Waals surface area contributed by atoms with Crippen LogP contribution in [0.2, 0.25) is 0 Å². The fourth-order valence-corrected chi connectivity index (χ4v) is 4.01. The summed E-state index contributed by atoms with van der Waals surface area (Å²) in [6, 6.07) is 11.1. The quantitative estimate of drug-likeness (QED) is 0.869. The van der Waals surface area contributed by atoms with E-state index in [0.29, 0.717) is 16.5 Å². The molecular formula is C19H25NO2S. The van der Waals surface area contributed by atoms with E-state index in [1.807, 2.05) is 45.0 Å². The number of sulfonamides is 1. The van der Waals surface area contributed by atoms with Gasteiger partial charge in [0, 0.05) is 0 Å². The van der Waals surface area contributed by atoms with E-state index >= 15 is 0 Å². The Morgan fingerprint density at radius 1 is 0.957 bits per heavy atom. The summed E-state index contributed by atoms with van der Waals surface area (Å²) in [4.78, 5) is 0.296. The van der Waals surface area contributed by atoms with Gasteiger partial charge in [0.2, 0.25) is 0 Å². The summed E-state index contributed by atoms with van der Waals surface area (Å²) in [5, 5.41) is 0. The number of benzene rings is 2. The van der Waals surface area contributed by atoms with Crippen LogP contribution in [-0.2, 0) is 16.4 Å². The lowest BCUT2D eigenvalue weighted by atomic mass is 10.0. The molecule has 0 unspecified atom stereocenters. The van der Waals surface area contributed by atoms with E-state index in [1.54, 1.807) is 12.1 Å². The zero-order chi connectivity index (χ0) is 17.2. The molecule has 0 aliphatic carbocycles. The Morgan fingerprint density at radius 2 is 1.48 bits per heavy atom. The first-order chi connectivity index (χ1) is 10.7. The first-order valence-electron chi connectivity index (χ1n) is 7.88. The lowest BCUT2D eigenvalue weighted by molar-refractivity contribution is 0.601. The molecular weight excluding hydrogens is 306 g/mol. The lowest BCUT2D eigenvalue weighted by Crippen LogP contribution is -2.15. The van der Waals surface area contributed by atoms with Gasteiger partial charge in [-0.05, 0) is 61.9 Å². The Hall–Kier alpha value is -1.81. The molecule has 23 heavy (non-hydrogen) atoms. The van der Waals surface area contributed by atoms with Crippen LogP contribution in [0.1, 0.15) is 36.1 Å². The third kappa shape index (κ3) is 4.35. The number of aryl methyl sites for hydroxylation is 3. The van der Waals surface area contributed by atoms with Crippen LogP contribution >= 0.6 is 0 Å². The van der Waals surface area contributed by atoms with Gasteiger partial charge in [-0.15, -0.1) is 0 Å². The van der Waals surface area contributed by atoms with Crippen molar-refractivity contribution in [1.82, 2.24) is 0 Å². The van der Waals surface area contributed by atoms with Crippen LogP contribution in [0.15, 0.2) is 41.3 Å². The van der Waals surface area contributed by atoms with Crippen molar-refractivity contribution in [3.63, 3.8) is 0 Å². The van der Waals surface area contributed by atoms with E-state index in [4.69, 9.17) is 0 Å². The highest BCUT2D eigenvalue weighted by Crippen LogP contribution is 2.25. The van der Waals surface area contributed by atoms with Gasteiger partial charge < -0.3 is 0 Å². The van der Waals surface area contributed by atoms with Gasteiger partial charge in [-0.1, -0.05) is 43.7 Å². The normalized spacial score (nSPS) is 11.7. The molecule has 0 amide bonds. The molecule has 0 atom stereocenters. The highest BCUT2D eigenvalue weighted by atomic mass is 32.2. The first kappa shape index (κ1) is 17.5. The van der Waals surface area contributed by atoms with Gasteiger partial charge in [-0.3, -0.25) is 4.72 Å².